The molecular formula is C25H33N3O6S. The predicted molar refractivity (Wildman–Crippen MR) is 131 cm³/mol. The van der Waals surface area contributed by atoms with Gasteiger partial charge in [0.2, 0.25) is 15.9 Å². The molecule has 0 aromatic heterocycles. The van der Waals surface area contributed by atoms with Gasteiger partial charge in [0.1, 0.15) is 12.6 Å². The largest absolute Gasteiger partial charge is 0.445 e. The molecule has 10 heteroatoms. The molecule has 2 aromatic rings. The number of rotatable bonds is 9. The van der Waals surface area contributed by atoms with Gasteiger partial charge in [0.25, 0.3) is 0 Å². The van der Waals surface area contributed by atoms with Crippen LogP contribution in [0, 0.1) is 5.92 Å². The predicted octanol–water partition coefficient (Wildman–Crippen LogP) is 2.27. The Morgan fingerprint density at radius 3 is 2.31 bits per heavy atom. The first-order valence-corrected chi connectivity index (χ1v) is 13.1. The number of aliphatic hydroxyl groups is 1. The lowest BCUT2D eigenvalue weighted by molar-refractivity contribution is -0.125. The van der Waals surface area contributed by atoms with Crippen LogP contribution in [0.3, 0.4) is 0 Å². The lowest BCUT2D eigenvalue weighted by Gasteiger charge is -2.36. The Hall–Kier alpha value is -2.95. The number of aliphatic hydroxyl groups excluding tert-OH is 1. The number of nitrogens with one attached hydrogen (secondary N) is 2. The monoisotopic (exact) mass is 503 g/mol. The Kier molecular flexibility index (Phi) is 9.25. The highest BCUT2D eigenvalue weighted by atomic mass is 32.2. The molecule has 190 valence electrons. The van der Waals surface area contributed by atoms with Crippen molar-refractivity contribution in [2.75, 3.05) is 13.1 Å². The summed E-state index contributed by atoms with van der Waals surface area (Å²) in [6, 6.07) is 15.8. The summed E-state index contributed by atoms with van der Waals surface area (Å²) in [5.74, 6) is -0.332. The molecule has 1 heterocycles. The van der Waals surface area contributed by atoms with E-state index < -0.39 is 40.2 Å². The van der Waals surface area contributed by atoms with Gasteiger partial charge in [0.05, 0.1) is 17.0 Å². The number of β-amino-alcohol motifs (C(OH)–C–C–N with tert-alkyl or cyclic N) is 1. The lowest BCUT2D eigenvalue weighted by atomic mass is 10.00. The van der Waals surface area contributed by atoms with Gasteiger partial charge in [-0.05, 0) is 36.5 Å². The summed E-state index contributed by atoms with van der Waals surface area (Å²) in [5, 5.41) is 16.0. The lowest BCUT2D eigenvalue weighted by Crippen LogP contribution is -2.58. The van der Waals surface area contributed by atoms with E-state index in [0.29, 0.717) is 6.42 Å². The number of amides is 2. The van der Waals surface area contributed by atoms with Gasteiger partial charge in [-0.3, -0.25) is 4.79 Å². The van der Waals surface area contributed by atoms with Gasteiger partial charge in [0.15, 0.2) is 0 Å². The van der Waals surface area contributed by atoms with Gasteiger partial charge in [-0.25, -0.2) is 13.2 Å². The molecule has 3 rings (SSSR count). The van der Waals surface area contributed by atoms with E-state index in [1.54, 1.807) is 18.2 Å². The molecule has 35 heavy (non-hydrogen) atoms. The maximum atomic E-state index is 13.0. The van der Waals surface area contributed by atoms with E-state index >= 15 is 0 Å². The van der Waals surface area contributed by atoms with Crippen molar-refractivity contribution in [1.29, 1.82) is 0 Å². The van der Waals surface area contributed by atoms with Crippen LogP contribution in [0.5, 0.6) is 0 Å². The molecule has 1 aliphatic heterocycles. The van der Waals surface area contributed by atoms with Crippen LogP contribution in [-0.2, 0) is 26.2 Å². The van der Waals surface area contributed by atoms with Gasteiger partial charge >= 0.3 is 6.09 Å². The molecule has 0 aliphatic carbocycles. The minimum Gasteiger partial charge on any atom is -0.445 e. The number of hydrogen-bond acceptors (Lipinski definition) is 6. The highest BCUT2D eigenvalue weighted by molar-refractivity contribution is 7.89. The van der Waals surface area contributed by atoms with Crippen LogP contribution < -0.4 is 10.6 Å². The topological polar surface area (TPSA) is 125 Å². The fourth-order valence-corrected chi connectivity index (χ4v) is 5.42. The van der Waals surface area contributed by atoms with Crippen molar-refractivity contribution in [2.24, 2.45) is 5.92 Å². The number of hydrogen-bond donors (Lipinski definition) is 3. The number of carbonyl (C=O) groups is 2. The van der Waals surface area contributed by atoms with Crippen LogP contribution in [0.25, 0.3) is 0 Å². The van der Waals surface area contributed by atoms with Crippen LogP contribution in [0.15, 0.2) is 65.6 Å². The van der Waals surface area contributed by atoms with Crippen LogP contribution in [-0.4, -0.2) is 61.1 Å². The van der Waals surface area contributed by atoms with E-state index in [4.69, 9.17) is 4.74 Å². The molecule has 1 saturated heterocycles. The Balaban J connectivity index is 1.57. The average Bonchev–Trinajstić information content (AvgIpc) is 2.84. The summed E-state index contributed by atoms with van der Waals surface area (Å²) in [6.45, 7) is 3.96. The fraction of sp³-hybridized carbons (Fsp3) is 0.440. The van der Waals surface area contributed by atoms with Crippen molar-refractivity contribution in [3.8, 4) is 0 Å². The number of ether oxygens (including phenoxy) is 1. The van der Waals surface area contributed by atoms with Gasteiger partial charge in [-0.2, -0.15) is 4.31 Å². The Morgan fingerprint density at radius 2 is 1.71 bits per heavy atom. The van der Waals surface area contributed by atoms with Crippen molar-refractivity contribution in [3.63, 3.8) is 0 Å². The first-order valence-electron chi connectivity index (χ1n) is 11.7. The Labute approximate surface area is 206 Å². The number of nitrogens with zero attached hydrogens (tertiary/aromatic N) is 1. The van der Waals surface area contributed by atoms with Crippen LogP contribution in [0.1, 0.15) is 32.3 Å². The molecule has 0 spiro atoms. The van der Waals surface area contributed by atoms with Crippen molar-refractivity contribution < 1.29 is 27.9 Å². The van der Waals surface area contributed by atoms with Crippen molar-refractivity contribution in [2.45, 2.75) is 56.4 Å². The van der Waals surface area contributed by atoms with Gasteiger partial charge in [-0.15, -0.1) is 0 Å². The van der Waals surface area contributed by atoms with Gasteiger partial charge in [0, 0.05) is 13.1 Å². The second-order valence-electron chi connectivity index (χ2n) is 9.04. The molecular weight excluding hydrogens is 470 g/mol. The normalized spacial score (nSPS) is 19.7. The summed E-state index contributed by atoms with van der Waals surface area (Å²) in [6.07, 6.45) is -1.18. The first kappa shape index (κ1) is 26.7. The third-order valence-corrected chi connectivity index (χ3v) is 7.66. The third-order valence-electron chi connectivity index (χ3n) is 5.78. The van der Waals surface area contributed by atoms with Crippen LogP contribution in [0.2, 0.25) is 0 Å². The van der Waals surface area contributed by atoms with Crippen LogP contribution in [0.4, 0.5) is 4.79 Å². The van der Waals surface area contributed by atoms with E-state index in [0.717, 1.165) is 5.56 Å². The summed E-state index contributed by atoms with van der Waals surface area (Å²) in [7, 11) is -3.74. The number of alkyl carbamates (subject to hydrolysis) is 1. The second-order valence-corrected chi connectivity index (χ2v) is 11.0. The zero-order valence-electron chi connectivity index (χ0n) is 20.0. The Morgan fingerprint density at radius 1 is 1.09 bits per heavy atom. The number of carbonyl (C=O) groups excluding carboxylic acids is 2. The summed E-state index contributed by atoms with van der Waals surface area (Å²) < 4.78 is 32.1. The average molecular weight is 504 g/mol. The highest BCUT2D eigenvalue weighted by Crippen LogP contribution is 2.21. The summed E-state index contributed by atoms with van der Waals surface area (Å²) in [4.78, 5) is 25.5. The maximum Gasteiger partial charge on any atom is 0.408 e. The van der Waals surface area contributed by atoms with Crippen molar-refractivity contribution in [1.82, 2.24) is 14.9 Å². The number of benzene rings is 2. The Bertz CT molecular complexity index is 1080. The molecule has 0 radical (unpaired) electrons. The maximum absolute atomic E-state index is 13.0. The number of sulfonamides is 1. The van der Waals surface area contributed by atoms with Crippen molar-refractivity contribution in [3.05, 3.63) is 66.2 Å². The molecule has 1 fully saturated rings. The van der Waals surface area contributed by atoms with Crippen LogP contribution >= 0.6 is 0 Å². The van der Waals surface area contributed by atoms with E-state index in [-0.39, 0.29) is 36.9 Å². The minimum atomic E-state index is -3.74. The molecule has 1 aliphatic rings. The molecule has 0 bridgehead atoms. The van der Waals surface area contributed by atoms with E-state index in [1.165, 1.54) is 16.4 Å². The van der Waals surface area contributed by atoms with E-state index in [2.05, 4.69) is 10.6 Å². The SMILES string of the molecule is CC(C)C[C@H](NC(=O)OCc1ccccc1)C(=O)NC1CCN(S(=O)(=O)c2ccccc2)CC1O. The van der Waals surface area contributed by atoms with Crippen molar-refractivity contribution >= 4 is 22.0 Å². The van der Waals surface area contributed by atoms with E-state index in [9.17, 15) is 23.1 Å². The minimum absolute atomic E-state index is 0.0791. The molecule has 2 unspecified atom stereocenters. The standard InChI is InChI=1S/C25H33N3O6S/c1-18(2)15-22(27-25(31)34-17-19-9-5-3-6-10-19)24(30)26-21-13-14-28(16-23(21)29)35(32,33)20-11-7-4-8-12-20/h3-12,18,21-23,29H,13-17H2,1-2H3,(H,26,30)(H,27,31)/t21?,22-,23?/m0/s1. The highest BCUT2D eigenvalue weighted by Gasteiger charge is 2.36. The molecule has 0 saturated carbocycles. The number of piperidine rings is 1. The summed E-state index contributed by atoms with van der Waals surface area (Å²) in [5.41, 5.74) is 0.827. The van der Waals surface area contributed by atoms with Gasteiger partial charge in [-0.1, -0.05) is 62.4 Å². The van der Waals surface area contributed by atoms with Gasteiger partial charge < -0.3 is 20.5 Å². The molecule has 9 nitrogen and oxygen atoms in total. The molecule has 2 amide bonds. The van der Waals surface area contributed by atoms with E-state index in [1.807, 2.05) is 44.2 Å². The molecule has 2 aromatic carbocycles. The third kappa shape index (κ3) is 7.51. The molecule has 3 atom stereocenters. The second kappa shape index (κ2) is 12.1. The fourth-order valence-electron chi connectivity index (χ4n) is 3.92. The smallest absolute Gasteiger partial charge is 0.408 e. The summed E-state index contributed by atoms with van der Waals surface area (Å²) >= 11 is 0. The first-order chi connectivity index (χ1) is 16.7. The molecule has 3 N–H and O–H groups in total. The quantitative estimate of drug-likeness (QED) is 0.482. The zero-order chi connectivity index (χ0) is 25.4. The zero-order valence-corrected chi connectivity index (χ0v) is 20.8.